The lowest BCUT2D eigenvalue weighted by Gasteiger charge is -2.30. The van der Waals surface area contributed by atoms with E-state index in [2.05, 4.69) is 9.38 Å². The fourth-order valence-electron chi connectivity index (χ4n) is 3.76. The number of aromatic nitrogens is 3. The summed E-state index contributed by atoms with van der Waals surface area (Å²) in [5, 5.41) is 3.24. The van der Waals surface area contributed by atoms with Gasteiger partial charge in [-0.25, -0.2) is 9.97 Å². The smallest absolute Gasteiger partial charge is 0.274 e. The van der Waals surface area contributed by atoms with E-state index in [1.807, 2.05) is 40.9 Å². The van der Waals surface area contributed by atoms with E-state index in [1.165, 1.54) is 17.8 Å². The summed E-state index contributed by atoms with van der Waals surface area (Å²) >= 11 is 1.72. The number of rotatable bonds is 3. The maximum Gasteiger partial charge on any atom is 0.274 e. The zero-order valence-electron chi connectivity index (χ0n) is 14.0. The van der Waals surface area contributed by atoms with Gasteiger partial charge in [0.25, 0.3) is 5.91 Å². The first-order valence-corrected chi connectivity index (χ1v) is 9.85. The van der Waals surface area contributed by atoms with Gasteiger partial charge in [-0.3, -0.25) is 4.79 Å². The first kappa shape index (κ1) is 15.1. The van der Waals surface area contributed by atoms with Crippen molar-refractivity contribution in [2.24, 2.45) is 0 Å². The van der Waals surface area contributed by atoms with Crippen molar-refractivity contribution in [2.75, 3.05) is 13.1 Å². The van der Waals surface area contributed by atoms with Gasteiger partial charge in [-0.1, -0.05) is 6.07 Å². The third-order valence-corrected chi connectivity index (χ3v) is 6.24. The van der Waals surface area contributed by atoms with Crippen LogP contribution in [0.5, 0.6) is 0 Å². The summed E-state index contributed by atoms with van der Waals surface area (Å²) in [6, 6.07) is 6.00. The van der Waals surface area contributed by atoms with E-state index < -0.39 is 0 Å². The number of hydrogen-bond donors (Lipinski definition) is 0. The lowest BCUT2D eigenvalue weighted by atomic mass is 9.97. The number of fused-ring (bicyclic) bond motifs is 1. The molecule has 0 radical (unpaired) electrons. The Bertz CT molecular complexity index is 905. The zero-order valence-corrected chi connectivity index (χ0v) is 14.8. The summed E-state index contributed by atoms with van der Waals surface area (Å²) in [6.45, 7) is 1.57. The van der Waals surface area contributed by atoms with E-state index >= 15 is 0 Å². The van der Waals surface area contributed by atoms with Crippen molar-refractivity contribution in [2.45, 2.75) is 37.5 Å². The first-order valence-electron chi connectivity index (χ1n) is 8.97. The Hall–Kier alpha value is -2.21. The fraction of sp³-hybridized carbons (Fsp3) is 0.421. The van der Waals surface area contributed by atoms with E-state index in [0.717, 1.165) is 37.3 Å². The topological polar surface area (TPSA) is 50.5 Å². The van der Waals surface area contributed by atoms with Crippen LogP contribution in [0, 0.1) is 0 Å². The Labute approximate surface area is 150 Å². The molecule has 25 heavy (non-hydrogen) atoms. The molecule has 0 unspecified atom stereocenters. The number of hydrogen-bond acceptors (Lipinski definition) is 4. The molecule has 5 rings (SSSR count). The average Bonchev–Trinajstić information content (AvgIpc) is 3.22. The molecule has 2 aliphatic rings. The molecular weight excluding hydrogens is 332 g/mol. The normalized spacial score (nSPS) is 18.8. The van der Waals surface area contributed by atoms with Crippen LogP contribution >= 0.6 is 11.3 Å². The quantitative estimate of drug-likeness (QED) is 0.722. The zero-order chi connectivity index (χ0) is 16.8. The second-order valence-electron chi connectivity index (χ2n) is 6.99. The van der Waals surface area contributed by atoms with Crippen LogP contribution in [0.25, 0.3) is 5.52 Å². The maximum atomic E-state index is 13.1. The molecule has 0 aromatic carbocycles. The molecule has 1 amide bonds. The van der Waals surface area contributed by atoms with Crippen molar-refractivity contribution in [3.05, 3.63) is 52.5 Å². The van der Waals surface area contributed by atoms with Crippen molar-refractivity contribution in [1.82, 2.24) is 19.3 Å². The largest absolute Gasteiger partial charge is 0.337 e. The summed E-state index contributed by atoms with van der Waals surface area (Å²) in [7, 11) is 0. The van der Waals surface area contributed by atoms with Gasteiger partial charge in [0, 0.05) is 42.7 Å². The van der Waals surface area contributed by atoms with Gasteiger partial charge in [0.15, 0.2) is 5.69 Å². The van der Waals surface area contributed by atoms with Gasteiger partial charge >= 0.3 is 0 Å². The summed E-state index contributed by atoms with van der Waals surface area (Å²) in [6.07, 6.45) is 8.23. The van der Waals surface area contributed by atoms with Crippen molar-refractivity contribution in [1.29, 1.82) is 0 Å². The van der Waals surface area contributed by atoms with Crippen LogP contribution in [-0.2, 0) is 0 Å². The van der Waals surface area contributed by atoms with Crippen LogP contribution in [0.15, 0.2) is 36.0 Å². The van der Waals surface area contributed by atoms with Crippen molar-refractivity contribution >= 4 is 22.8 Å². The third-order valence-electron chi connectivity index (χ3n) is 5.30. The molecule has 3 aromatic rings. The monoisotopic (exact) mass is 352 g/mol. The fourth-order valence-corrected chi connectivity index (χ4v) is 4.57. The third kappa shape index (κ3) is 2.65. The van der Waals surface area contributed by atoms with Crippen LogP contribution < -0.4 is 0 Å². The Morgan fingerprint density at radius 3 is 2.68 bits per heavy atom. The molecule has 0 atom stereocenters. The molecule has 5 nitrogen and oxygen atoms in total. The standard InChI is InChI=1S/C19H20N4OS/c24-19(22-10-6-14(7-11-22)18-20-8-12-25-18)16-15-3-1-2-9-23(15)17(21-16)13-4-5-13/h1-3,8-9,12-14H,4-7,10-11H2. The number of amides is 1. The van der Waals surface area contributed by atoms with Crippen molar-refractivity contribution in [3.63, 3.8) is 0 Å². The van der Waals surface area contributed by atoms with E-state index in [-0.39, 0.29) is 5.91 Å². The Morgan fingerprint density at radius 1 is 1.12 bits per heavy atom. The van der Waals surface area contributed by atoms with Crippen LogP contribution in [0.1, 0.15) is 58.8 Å². The van der Waals surface area contributed by atoms with Crippen LogP contribution in [0.4, 0.5) is 0 Å². The number of carbonyl (C=O) groups is 1. The highest BCUT2D eigenvalue weighted by Crippen LogP contribution is 2.40. The van der Waals surface area contributed by atoms with Crippen LogP contribution in [0.3, 0.4) is 0 Å². The number of piperidine rings is 1. The lowest BCUT2D eigenvalue weighted by molar-refractivity contribution is 0.0709. The highest BCUT2D eigenvalue weighted by Gasteiger charge is 2.32. The predicted molar refractivity (Wildman–Crippen MR) is 97.2 cm³/mol. The van der Waals surface area contributed by atoms with Gasteiger partial charge in [0.05, 0.1) is 10.5 Å². The Kier molecular flexibility index (Phi) is 3.59. The molecule has 2 fully saturated rings. The van der Waals surface area contributed by atoms with Gasteiger partial charge in [0.2, 0.25) is 0 Å². The minimum Gasteiger partial charge on any atom is -0.337 e. The maximum absolute atomic E-state index is 13.1. The van der Waals surface area contributed by atoms with E-state index in [1.54, 1.807) is 11.3 Å². The van der Waals surface area contributed by atoms with Crippen molar-refractivity contribution in [3.8, 4) is 0 Å². The van der Waals surface area contributed by atoms with Gasteiger partial charge in [0.1, 0.15) is 5.82 Å². The SMILES string of the molecule is O=C(c1nc(C2CC2)n2ccccc12)N1CCC(c2nccs2)CC1. The van der Waals surface area contributed by atoms with E-state index in [4.69, 9.17) is 4.98 Å². The van der Waals surface area contributed by atoms with Gasteiger partial charge in [-0.05, 0) is 37.8 Å². The number of likely N-dealkylation sites (tertiary alicyclic amines) is 1. The number of pyridine rings is 1. The van der Waals surface area contributed by atoms with Gasteiger partial charge < -0.3 is 9.30 Å². The predicted octanol–water partition coefficient (Wildman–Crippen LogP) is 3.69. The molecule has 1 saturated heterocycles. The number of carbonyl (C=O) groups excluding carboxylic acids is 1. The second kappa shape index (κ2) is 5.95. The molecular formula is C19H20N4OS. The molecule has 0 spiro atoms. The molecule has 1 aliphatic carbocycles. The first-order chi connectivity index (χ1) is 12.3. The van der Waals surface area contributed by atoms with E-state index in [9.17, 15) is 4.79 Å². The molecule has 1 saturated carbocycles. The lowest BCUT2D eigenvalue weighted by Crippen LogP contribution is -2.38. The molecule has 128 valence electrons. The molecule has 1 aliphatic heterocycles. The molecule has 3 aromatic heterocycles. The molecule has 6 heteroatoms. The summed E-state index contributed by atoms with van der Waals surface area (Å²) in [5.41, 5.74) is 1.56. The molecule has 4 heterocycles. The van der Waals surface area contributed by atoms with E-state index in [0.29, 0.717) is 17.5 Å². The summed E-state index contributed by atoms with van der Waals surface area (Å²) in [4.78, 5) is 24.3. The minimum absolute atomic E-state index is 0.0770. The second-order valence-corrected chi connectivity index (χ2v) is 7.91. The Balaban J connectivity index is 1.39. The van der Waals surface area contributed by atoms with Crippen molar-refractivity contribution < 1.29 is 4.79 Å². The summed E-state index contributed by atoms with van der Waals surface area (Å²) in [5.74, 6) is 2.14. The highest BCUT2D eigenvalue weighted by molar-refractivity contribution is 7.09. The number of nitrogens with zero attached hydrogens (tertiary/aromatic N) is 4. The van der Waals surface area contributed by atoms with Crippen LogP contribution in [-0.4, -0.2) is 38.3 Å². The average molecular weight is 352 g/mol. The van der Waals surface area contributed by atoms with Crippen LogP contribution in [0.2, 0.25) is 0 Å². The van der Waals surface area contributed by atoms with Gasteiger partial charge in [-0.15, -0.1) is 11.3 Å². The Morgan fingerprint density at radius 2 is 1.96 bits per heavy atom. The van der Waals surface area contributed by atoms with Gasteiger partial charge in [-0.2, -0.15) is 0 Å². The highest BCUT2D eigenvalue weighted by atomic mass is 32.1. The number of thiazole rings is 1. The summed E-state index contributed by atoms with van der Waals surface area (Å²) < 4.78 is 2.10. The minimum atomic E-state index is 0.0770. The molecule has 0 bridgehead atoms. The number of imidazole rings is 1. The molecule has 0 N–H and O–H groups in total.